The zero-order chi connectivity index (χ0) is 15.6. The van der Waals surface area contributed by atoms with Gasteiger partial charge in [-0.1, -0.05) is 18.3 Å². The molecule has 0 unspecified atom stereocenters. The first kappa shape index (κ1) is 16.3. The van der Waals surface area contributed by atoms with E-state index in [1.807, 2.05) is 6.92 Å². The van der Waals surface area contributed by atoms with Crippen molar-refractivity contribution in [2.75, 3.05) is 6.61 Å². The van der Waals surface area contributed by atoms with Crippen LogP contribution in [0.15, 0.2) is 23.1 Å². The summed E-state index contributed by atoms with van der Waals surface area (Å²) in [5.41, 5.74) is 5.18. The second-order valence-electron chi connectivity index (χ2n) is 4.84. The summed E-state index contributed by atoms with van der Waals surface area (Å²) >= 11 is 4.74. The lowest BCUT2D eigenvalue weighted by Gasteiger charge is -2.35. The minimum atomic E-state index is -3.87. The molecular weight excluding hydrogens is 315 g/mol. The van der Waals surface area contributed by atoms with Crippen LogP contribution in [0.5, 0.6) is 0 Å². The van der Waals surface area contributed by atoms with E-state index in [9.17, 15) is 12.8 Å². The predicted molar refractivity (Wildman–Crippen MR) is 81.0 cm³/mol. The molecule has 1 aliphatic rings. The fourth-order valence-electron chi connectivity index (χ4n) is 2.28. The van der Waals surface area contributed by atoms with Gasteiger partial charge in [0.25, 0.3) is 0 Å². The average Bonchev–Trinajstić information content (AvgIpc) is 2.35. The maximum Gasteiger partial charge on any atom is 0.241 e. The Morgan fingerprint density at radius 1 is 1.52 bits per heavy atom. The Morgan fingerprint density at radius 3 is 2.76 bits per heavy atom. The molecular formula is C13H17FN2O3S2. The average molecular weight is 332 g/mol. The van der Waals surface area contributed by atoms with Crippen LogP contribution in [0.2, 0.25) is 0 Å². The molecule has 1 aromatic rings. The van der Waals surface area contributed by atoms with Crippen molar-refractivity contribution in [2.24, 2.45) is 5.73 Å². The molecule has 1 aliphatic carbocycles. The normalized spacial score (nSPS) is 21.8. The van der Waals surface area contributed by atoms with Crippen LogP contribution in [-0.4, -0.2) is 32.2 Å². The largest absolute Gasteiger partial charge is 0.389 e. The monoisotopic (exact) mass is 332 g/mol. The molecule has 0 radical (unpaired) electrons. The van der Waals surface area contributed by atoms with E-state index in [4.69, 9.17) is 22.7 Å². The minimum Gasteiger partial charge on any atom is -0.389 e. The quantitative estimate of drug-likeness (QED) is 0.768. The van der Waals surface area contributed by atoms with Gasteiger partial charge in [0.2, 0.25) is 10.0 Å². The van der Waals surface area contributed by atoms with Gasteiger partial charge in [0.05, 0.1) is 16.6 Å². The third-order valence-corrected chi connectivity index (χ3v) is 5.10. The maximum atomic E-state index is 13.7. The van der Waals surface area contributed by atoms with Crippen LogP contribution in [0.3, 0.4) is 0 Å². The molecule has 1 fully saturated rings. The Bertz CT molecular complexity index is 643. The second-order valence-corrected chi connectivity index (χ2v) is 6.97. The SMILES string of the molecule is CCOC1CC(NS(=O)(=O)c2cccc(F)c2C(N)=S)C1. The number of sulfonamides is 1. The van der Waals surface area contributed by atoms with Gasteiger partial charge in [0, 0.05) is 12.6 Å². The lowest BCUT2D eigenvalue weighted by Crippen LogP contribution is -2.48. The third kappa shape index (κ3) is 3.57. The number of hydrogen-bond acceptors (Lipinski definition) is 4. The first-order valence-corrected chi connectivity index (χ1v) is 8.46. The summed E-state index contributed by atoms with van der Waals surface area (Å²) in [6, 6.07) is 3.52. The van der Waals surface area contributed by atoms with Crippen molar-refractivity contribution in [3.8, 4) is 0 Å². The Morgan fingerprint density at radius 2 is 2.19 bits per heavy atom. The molecule has 8 heteroatoms. The van der Waals surface area contributed by atoms with Crippen LogP contribution >= 0.6 is 12.2 Å². The number of hydrogen-bond donors (Lipinski definition) is 2. The van der Waals surface area contributed by atoms with Gasteiger partial charge in [-0.15, -0.1) is 0 Å². The number of benzene rings is 1. The number of thiocarbonyl (C=S) groups is 1. The standard InChI is InChI=1S/C13H17FN2O3S2/c1-2-19-9-6-8(7-9)16-21(17,18)11-5-3-4-10(14)12(11)13(15)20/h3-5,8-9,16H,2,6-7H2,1H3,(H2,15,20). The molecule has 2 rings (SSSR count). The van der Waals surface area contributed by atoms with Crippen molar-refractivity contribution in [1.82, 2.24) is 4.72 Å². The summed E-state index contributed by atoms with van der Waals surface area (Å²) in [5.74, 6) is -0.744. The fraction of sp³-hybridized carbons (Fsp3) is 0.462. The number of ether oxygens (including phenoxy) is 1. The Hall–Kier alpha value is -1.09. The van der Waals surface area contributed by atoms with E-state index < -0.39 is 15.8 Å². The topological polar surface area (TPSA) is 81.4 Å². The molecule has 0 atom stereocenters. The molecule has 21 heavy (non-hydrogen) atoms. The molecule has 1 saturated carbocycles. The zero-order valence-electron chi connectivity index (χ0n) is 11.5. The van der Waals surface area contributed by atoms with E-state index in [1.54, 1.807) is 0 Å². The Kier molecular flexibility index (Phi) is 4.92. The molecule has 0 saturated heterocycles. The van der Waals surface area contributed by atoms with Crippen molar-refractivity contribution < 1.29 is 17.5 Å². The summed E-state index contributed by atoms with van der Waals surface area (Å²) in [6.07, 6.45) is 1.28. The highest BCUT2D eigenvalue weighted by atomic mass is 32.2. The van der Waals surface area contributed by atoms with Crippen LogP contribution < -0.4 is 10.5 Å². The van der Waals surface area contributed by atoms with E-state index in [0.29, 0.717) is 19.4 Å². The highest BCUT2D eigenvalue weighted by Crippen LogP contribution is 2.26. The molecule has 0 amide bonds. The molecule has 3 N–H and O–H groups in total. The third-order valence-electron chi connectivity index (χ3n) is 3.33. The fourth-order valence-corrected chi connectivity index (χ4v) is 4.05. The molecule has 0 bridgehead atoms. The first-order chi connectivity index (χ1) is 9.85. The molecule has 0 heterocycles. The van der Waals surface area contributed by atoms with Gasteiger partial charge >= 0.3 is 0 Å². The number of halogens is 1. The van der Waals surface area contributed by atoms with Crippen molar-refractivity contribution >= 4 is 27.2 Å². The van der Waals surface area contributed by atoms with Crippen LogP contribution in [0.4, 0.5) is 4.39 Å². The lowest BCUT2D eigenvalue weighted by molar-refractivity contribution is -0.00476. The first-order valence-electron chi connectivity index (χ1n) is 6.57. The molecule has 0 spiro atoms. The van der Waals surface area contributed by atoms with Crippen LogP contribution in [0, 0.1) is 5.82 Å². The van der Waals surface area contributed by atoms with Crippen molar-refractivity contribution in [3.05, 3.63) is 29.6 Å². The van der Waals surface area contributed by atoms with Gasteiger partial charge < -0.3 is 10.5 Å². The van der Waals surface area contributed by atoms with E-state index in [1.165, 1.54) is 12.1 Å². The molecule has 0 aliphatic heterocycles. The number of nitrogens with two attached hydrogens (primary N) is 1. The van der Waals surface area contributed by atoms with Gasteiger partial charge in [0.1, 0.15) is 10.8 Å². The van der Waals surface area contributed by atoms with Gasteiger partial charge in [0.15, 0.2) is 0 Å². The van der Waals surface area contributed by atoms with E-state index >= 15 is 0 Å². The minimum absolute atomic E-state index is 0.0743. The smallest absolute Gasteiger partial charge is 0.241 e. The van der Waals surface area contributed by atoms with Crippen LogP contribution in [0.25, 0.3) is 0 Å². The van der Waals surface area contributed by atoms with E-state index in [0.717, 1.165) is 6.07 Å². The van der Waals surface area contributed by atoms with E-state index in [-0.39, 0.29) is 27.6 Å². The van der Waals surface area contributed by atoms with Crippen LogP contribution in [-0.2, 0) is 14.8 Å². The summed E-state index contributed by atoms with van der Waals surface area (Å²) in [7, 11) is -3.87. The van der Waals surface area contributed by atoms with E-state index in [2.05, 4.69) is 4.72 Å². The summed E-state index contributed by atoms with van der Waals surface area (Å²) in [5, 5.41) is 0. The maximum absolute atomic E-state index is 13.7. The van der Waals surface area contributed by atoms with Crippen LogP contribution in [0.1, 0.15) is 25.3 Å². The summed E-state index contributed by atoms with van der Waals surface area (Å²) in [6.45, 7) is 2.48. The van der Waals surface area contributed by atoms with Crippen molar-refractivity contribution in [3.63, 3.8) is 0 Å². The van der Waals surface area contributed by atoms with Gasteiger partial charge in [-0.2, -0.15) is 0 Å². The highest BCUT2D eigenvalue weighted by molar-refractivity contribution is 7.89. The molecule has 5 nitrogen and oxygen atoms in total. The number of nitrogens with one attached hydrogen (secondary N) is 1. The number of rotatable bonds is 6. The zero-order valence-corrected chi connectivity index (χ0v) is 13.1. The predicted octanol–water partition coefficient (Wildman–Crippen LogP) is 1.31. The van der Waals surface area contributed by atoms with Crippen molar-refractivity contribution in [1.29, 1.82) is 0 Å². The summed E-state index contributed by atoms with van der Waals surface area (Å²) in [4.78, 5) is -0.510. The summed E-state index contributed by atoms with van der Waals surface area (Å²) < 4.78 is 46.3. The Labute approximate surface area is 128 Å². The molecule has 1 aromatic carbocycles. The van der Waals surface area contributed by atoms with Gasteiger partial charge in [-0.05, 0) is 31.9 Å². The molecule has 116 valence electrons. The van der Waals surface area contributed by atoms with Crippen molar-refractivity contribution in [2.45, 2.75) is 36.8 Å². The second kappa shape index (κ2) is 6.35. The van der Waals surface area contributed by atoms with Gasteiger partial charge in [-0.3, -0.25) is 0 Å². The highest BCUT2D eigenvalue weighted by Gasteiger charge is 2.34. The Balaban J connectivity index is 2.18. The van der Waals surface area contributed by atoms with Gasteiger partial charge in [-0.25, -0.2) is 17.5 Å². The lowest BCUT2D eigenvalue weighted by atomic mass is 9.90. The molecule has 0 aromatic heterocycles.